The summed E-state index contributed by atoms with van der Waals surface area (Å²) >= 11 is 0. The lowest BCUT2D eigenvalue weighted by Gasteiger charge is -2.00. The van der Waals surface area contributed by atoms with Gasteiger partial charge in [-0.25, -0.2) is 4.39 Å². The third-order valence-corrected chi connectivity index (χ3v) is 2.98. The Morgan fingerprint density at radius 3 is 3.00 bits per heavy atom. The predicted molar refractivity (Wildman–Crippen MR) is 55.5 cm³/mol. The lowest BCUT2D eigenvalue weighted by molar-refractivity contribution is 0.0982. The van der Waals surface area contributed by atoms with E-state index in [2.05, 4.69) is 4.98 Å². The maximum Gasteiger partial charge on any atom is 0.163 e. The molecule has 0 aliphatic heterocycles. The number of H-pyrrole nitrogens is 1. The molecular weight excluding hydrogens is 193 g/mol. The number of ketones is 1. The Balaban J connectivity index is 2.44. The van der Waals surface area contributed by atoms with Gasteiger partial charge in [0.25, 0.3) is 0 Å². The zero-order chi connectivity index (χ0) is 10.4. The highest BCUT2D eigenvalue weighted by Crippen LogP contribution is 2.29. The summed E-state index contributed by atoms with van der Waals surface area (Å²) in [5, 5.41) is 0.916. The number of halogens is 1. The number of aromatic nitrogens is 1. The Kier molecular flexibility index (Phi) is 1.69. The molecule has 0 saturated carbocycles. The van der Waals surface area contributed by atoms with Crippen molar-refractivity contribution in [3.63, 3.8) is 0 Å². The van der Waals surface area contributed by atoms with E-state index in [0.717, 1.165) is 29.3 Å². The zero-order valence-corrected chi connectivity index (χ0v) is 8.14. The standard InChI is InChI=1S/C12H10FNO/c13-8-4-9-11(15)3-1-2-7-6-14-10(5-8)12(7)9/h4-6,14H,1-3H2. The lowest BCUT2D eigenvalue weighted by Crippen LogP contribution is -1.98. The fraction of sp³-hybridized carbons (Fsp3) is 0.250. The molecule has 0 amide bonds. The van der Waals surface area contributed by atoms with E-state index in [1.54, 1.807) is 0 Å². The number of carbonyl (C=O) groups excluding carboxylic acids is 1. The first kappa shape index (κ1) is 8.65. The lowest BCUT2D eigenvalue weighted by atomic mass is 10.0. The van der Waals surface area contributed by atoms with Crippen molar-refractivity contribution in [2.75, 3.05) is 0 Å². The van der Waals surface area contributed by atoms with Gasteiger partial charge in [-0.15, -0.1) is 0 Å². The monoisotopic (exact) mass is 203 g/mol. The summed E-state index contributed by atoms with van der Waals surface area (Å²) in [5.41, 5.74) is 2.40. The smallest absolute Gasteiger partial charge is 0.163 e. The number of rotatable bonds is 0. The van der Waals surface area contributed by atoms with Gasteiger partial charge in [0.15, 0.2) is 5.78 Å². The molecule has 0 spiro atoms. The second-order valence-electron chi connectivity index (χ2n) is 3.97. The van der Waals surface area contributed by atoms with E-state index < -0.39 is 0 Å². The molecule has 76 valence electrons. The van der Waals surface area contributed by atoms with Gasteiger partial charge in [0.05, 0.1) is 0 Å². The molecule has 1 N–H and O–H groups in total. The van der Waals surface area contributed by atoms with Crippen LogP contribution in [0.25, 0.3) is 10.9 Å². The first-order valence-corrected chi connectivity index (χ1v) is 5.08. The summed E-state index contributed by atoms with van der Waals surface area (Å²) in [6.07, 6.45) is 4.14. The van der Waals surface area contributed by atoms with Crippen molar-refractivity contribution < 1.29 is 9.18 Å². The summed E-state index contributed by atoms with van der Waals surface area (Å²) in [4.78, 5) is 14.8. The largest absolute Gasteiger partial charge is 0.361 e. The normalized spacial score (nSPS) is 15.7. The summed E-state index contributed by atoms with van der Waals surface area (Å²) in [7, 11) is 0. The zero-order valence-electron chi connectivity index (χ0n) is 8.14. The van der Waals surface area contributed by atoms with Gasteiger partial charge in [0.1, 0.15) is 5.82 Å². The van der Waals surface area contributed by atoms with Crippen molar-refractivity contribution in [3.05, 3.63) is 35.3 Å². The van der Waals surface area contributed by atoms with Gasteiger partial charge in [0, 0.05) is 29.1 Å². The van der Waals surface area contributed by atoms with Crippen molar-refractivity contribution in [2.45, 2.75) is 19.3 Å². The summed E-state index contributed by atoms with van der Waals surface area (Å²) in [5.74, 6) is -0.293. The third-order valence-electron chi connectivity index (χ3n) is 2.98. The van der Waals surface area contributed by atoms with E-state index in [0.29, 0.717) is 12.0 Å². The Hall–Kier alpha value is -1.64. The highest BCUT2D eigenvalue weighted by atomic mass is 19.1. The van der Waals surface area contributed by atoms with Gasteiger partial charge in [-0.1, -0.05) is 0 Å². The van der Waals surface area contributed by atoms with Crippen LogP contribution in [-0.2, 0) is 6.42 Å². The minimum absolute atomic E-state index is 0.0536. The second-order valence-corrected chi connectivity index (χ2v) is 3.97. The maximum atomic E-state index is 13.3. The highest BCUT2D eigenvalue weighted by Gasteiger charge is 2.19. The molecule has 0 unspecified atom stereocenters. The van der Waals surface area contributed by atoms with Crippen LogP contribution in [-0.4, -0.2) is 10.8 Å². The van der Waals surface area contributed by atoms with E-state index in [4.69, 9.17) is 0 Å². The van der Waals surface area contributed by atoms with Gasteiger partial charge < -0.3 is 4.98 Å². The van der Waals surface area contributed by atoms with Gasteiger partial charge >= 0.3 is 0 Å². The van der Waals surface area contributed by atoms with Gasteiger partial charge in [-0.05, 0) is 30.5 Å². The quantitative estimate of drug-likeness (QED) is 0.701. The van der Waals surface area contributed by atoms with Crippen LogP contribution < -0.4 is 0 Å². The molecule has 0 bridgehead atoms. The first-order valence-electron chi connectivity index (χ1n) is 5.08. The number of hydrogen-bond acceptors (Lipinski definition) is 1. The van der Waals surface area contributed by atoms with Gasteiger partial charge in [-0.3, -0.25) is 4.79 Å². The van der Waals surface area contributed by atoms with Crippen molar-refractivity contribution >= 4 is 16.7 Å². The topological polar surface area (TPSA) is 32.9 Å². The summed E-state index contributed by atoms with van der Waals surface area (Å²) in [6, 6.07) is 2.80. The molecule has 15 heavy (non-hydrogen) atoms. The number of aryl methyl sites for hydroxylation is 1. The Labute approximate surface area is 86.1 Å². The molecule has 2 nitrogen and oxygen atoms in total. The molecule has 2 aromatic rings. The van der Waals surface area contributed by atoms with Crippen molar-refractivity contribution in [2.24, 2.45) is 0 Å². The van der Waals surface area contributed by atoms with Crippen LogP contribution in [0.15, 0.2) is 18.3 Å². The highest BCUT2D eigenvalue weighted by molar-refractivity contribution is 6.09. The SMILES string of the molecule is O=C1CCCc2c[nH]c3cc(F)cc1c23. The van der Waals surface area contributed by atoms with Crippen LogP contribution in [0.4, 0.5) is 4.39 Å². The Bertz CT molecular complexity index is 556. The van der Waals surface area contributed by atoms with Crippen molar-refractivity contribution in [1.82, 2.24) is 4.98 Å². The molecule has 3 rings (SSSR count). The van der Waals surface area contributed by atoms with E-state index >= 15 is 0 Å². The summed E-state index contributed by atoms with van der Waals surface area (Å²) < 4.78 is 13.3. The number of aromatic amines is 1. The number of benzene rings is 1. The van der Waals surface area contributed by atoms with E-state index in [-0.39, 0.29) is 11.6 Å². The third kappa shape index (κ3) is 1.19. The summed E-state index contributed by atoms with van der Waals surface area (Å²) in [6.45, 7) is 0. The molecule has 3 heteroatoms. The number of Topliss-reactive ketones (excluding diaryl/α,β-unsaturated/α-hetero) is 1. The minimum Gasteiger partial charge on any atom is -0.361 e. The fourth-order valence-electron chi connectivity index (χ4n) is 2.29. The minimum atomic E-state index is -0.346. The first-order chi connectivity index (χ1) is 7.25. The van der Waals surface area contributed by atoms with E-state index in [9.17, 15) is 9.18 Å². The average molecular weight is 203 g/mol. The Morgan fingerprint density at radius 1 is 1.27 bits per heavy atom. The predicted octanol–water partition coefficient (Wildman–Crippen LogP) is 2.83. The van der Waals surface area contributed by atoms with Gasteiger partial charge in [0.2, 0.25) is 0 Å². The van der Waals surface area contributed by atoms with Crippen LogP contribution in [0.1, 0.15) is 28.8 Å². The fourth-order valence-corrected chi connectivity index (χ4v) is 2.29. The number of nitrogens with one attached hydrogen (secondary N) is 1. The van der Waals surface area contributed by atoms with Crippen molar-refractivity contribution in [3.8, 4) is 0 Å². The van der Waals surface area contributed by atoms with E-state index in [1.165, 1.54) is 12.1 Å². The van der Waals surface area contributed by atoms with Crippen LogP contribution in [0.5, 0.6) is 0 Å². The van der Waals surface area contributed by atoms with Crippen molar-refractivity contribution in [1.29, 1.82) is 0 Å². The molecule has 1 aliphatic carbocycles. The van der Waals surface area contributed by atoms with Crippen LogP contribution in [0.2, 0.25) is 0 Å². The number of carbonyl (C=O) groups is 1. The molecule has 1 aromatic heterocycles. The molecular formula is C12H10FNO. The molecule has 0 saturated heterocycles. The van der Waals surface area contributed by atoms with Crippen LogP contribution >= 0.6 is 0 Å². The molecule has 0 fully saturated rings. The number of hydrogen-bond donors (Lipinski definition) is 1. The molecule has 0 radical (unpaired) electrons. The molecule has 1 aromatic carbocycles. The van der Waals surface area contributed by atoms with Crippen LogP contribution in [0.3, 0.4) is 0 Å². The molecule has 1 heterocycles. The van der Waals surface area contributed by atoms with Gasteiger partial charge in [-0.2, -0.15) is 0 Å². The molecule has 1 aliphatic rings. The second kappa shape index (κ2) is 2.92. The van der Waals surface area contributed by atoms with E-state index in [1.807, 2.05) is 6.20 Å². The van der Waals surface area contributed by atoms with Crippen LogP contribution in [0, 0.1) is 5.82 Å². The molecule has 0 atom stereocenters. The average Bonchev–Trinajstić information content (AvgIpc) is 2.52. The Morgan fingerprint density at radius 2 is 2.13 bits per heavy atom. The maximum absolute atomic E-state index is 13.3.